The number of aromatic nitrogens is 3. The first-order valence-electron chi connectivity index (χ1n) is 15.4. The van der Waals surface area contributed by atoms with Crippen LogP contribution >= 0.6 is 0 Å². The maximum Gasteiger partial charge on any atom is 0.323 e. The molecule has 4 heterocycles. The third-order valence-corrected chi connectivity index (χ3v) is 8.00. The summed E-state index contributed by atoms with van der Waals surface area (Å²) in [5.41, 5.74) is 2.72. The minimum atomic E-state index is -0.377. The minimum Gasteiger partial charge on any atom is -0.378 e. The molecular formula is C31H40N10O4. The molecule has 238 valence electrons. The first-order chi connectivity index (χ1) is 22.0. The van der Waals surface area contributed by atoms with Gasteiger partial charge in [-0.15, -0.1) is 0 Å². The molecule has 0 atom stereocenters. The molecular weight excluding hydrogens is 576 g/mol. The summed E-state index contributed by atoms with van der Waals surface area (Å²) in [6.07, 6.45) is 0.952. The summed E-state index contributed by atoms with van der Waals surface area (Å²) in [6.45, 7) is 8.69. The van der Waals surface area contributed by atoms with Gasteiger partial charge in [0, 0.05) is 68.4 Å². The highest BCUT2D eigenvalue weighted by molar-refractivity contribution is 6.00. The molecule has 45 heavy (non-hydrogen) atoms. The number of rotatable bonds is 6. The third-order valence-electron chi connectivity index (χ3n) is 8.00. The average molecular weight is 617 g/mol. The largest absolute Gasteiger partial charge is 0.378 e. The maximum absolute atomic E-state index is 12.7. The Labute approximate surface area is 262 Å². The molecule has 0 saturated carbocycles. The molecule has 3 aromatic rings. The predicted octanol–water partition coefficient (Wildman–Crippen LogP) is 3.03. The number of nitrogens with zero attached hydrogens (tertiary/aromatic N) is 7. The highest BCUT2D eigenvalue weighted by Crippen LogP contribution is 2.24. The fourth-order valence-electron chi connectivity index (χ4n) is 5.38. The van der Waals surface area contributed by atoms with Crippen molar-refractivity contribution in [3.63, 3.8) is 0 Å². The predicted molar refractivity (Wildman–Crippen MR) is 173 cm³/mol. The van der Waals surface area contributed by atoms with Crippen LogP contribution in [0.4, 0.5) is 38.5 Å². The number of morpholine rings is 2. The van der Waals surface area contributed by atoms with Crippen molar-refractivity contribution < 1.29 is 19.1 Å². The van der Waals surface area contributed by atoms with E-state index < -0.39 is 0 Å². The SMILES string of the molecule is CN1CCCN(C(=O)Nc2ccc(NC(=O)Nc3ccc(-c4nc(N5CCOCC5)nc(N5CCOCC5)n4)cc3)cc2)CC1. The lowest BCUT2D eigenvalue weighted by Gasteiger charge is -2.30. The number of carbonyl (C=O) groups is 2. The lowest BCUT2D eigenvalue weighted by Crippen LogP contribution is -2.40. The fourth-order valence-corrected chi connectivity index (χ4v) is 5.38. The Bertz CT molecular complexity index is 1410. The van der Waals surface area contributed by atoms with Gasteiger partial charge in [-0.2, -0.15) is 15.0 Å². The average Bonchev–Trinajstić information content (AvgIpc) is 3.31. The van der Waals surface area contributed by atoms with Crippen molar-refractivity contribution in [2.45, 2.75) is 6.42 Å². The highest BCUT2D eigenvalue weighted by atomic mass is 16.5. The van der Waals surface area contributed by atoms with Crippen LogP contribution in [-0.2, 0) is 9.47 Å². The van der Waals surface area contributed by atoms with E-state index in [0.29, 0.717) is 67.8 Å². The van der Waals surface area contributed by atoms with E-state index in [0.717, 1.165) is 57.8 Å². The van der Waals surface area contributed by atoms with Gasteiger partial charge in [-0.3, -0.25) is 0 Å². The lowest BCUT2D eigenvalue weighted by atomic mass is 10.2. The summed E-state index contributed by atoms with van der Waals surface area (Å²) in [7, 11) is 2.07. The van der Waals surface area contributed by atoms with Gasteiger partial charge in [0.25, 0.3) is 0 Å². The lowest BCUT2D eigenvalue weighted by molar-refractivity contribution is 0.121. The van der Waals surface area contributed by atoms with Gasteiger partial charge in [-0.25, -0.2) is 9.59 Å². The van der Waals surface area contributed by atoms with Crippen molar-refractivity contribution >= 4 is 41.0 Å². The molecule has 2 aromatic carbocycles. The number of hydrogen-bond donors (Lipinski definition) is 3. The van der Waals surface area contributed by atoms with Crippen LogP contribution in [0.3, 0.4) is 0 Å². The van der Waals surface area contributed by atoms with Crippen LogP contribution in [0.25, 0.3) is 11.4 Å². The van der Waals surface area contributed by atoms with Crippen LogP contribution in [0, 0.1) is 0 Å². The van der Waals surface area contributed by atoms with Gasteiger partial charge in [-0.05, 0) is 68.5 Å². The Balaban J connectivity index is 1.06. The molecule has 4 amide bonds. The number of urea groups is 2. The molecule has 14 heteroatoms. The molecule has 0 bridgehead atoms. The van der Waals surface area contributed by atoms with Gasteiger partial charge in [0.15, 0.2) is 5.82 Å². The minimum absolute atomic E-state index is 0.112. The van der Waals surface area contributed by atoms with Gasteiger partial charge >= 0.3 is 12.1 Å². The summed E-state index contributed by atoms with van der Waals surface area (Å²) < 4.78 is 11.0. The molecule has 0 aliphatic carbocycles. The molecule has 0 spiro atoms. The monoisotopic (exact) mass is 616 g/mol. The number of likely N-dealkylation sites (N-methyl/N-ethyl adjacent to an activating group) is 1. The summed E-state index contributed by atoms with van der Waals surface area (Å²) >= 11 is 0. The Kier molecular flexibility index (Phi) is 9.83. The molecule has 0 unspecified atom stereocenters. The number of benzene rings is 2. The van der Waals surface area contributed by atoms with E-state index in [1.54, 1.807) is 24.3 Å². The number of nitrogens with one attached hydrogen (secondary N) is 3. The van der Waals surface area contributed by atoms with E-state index in [-0.39, 0.29) is 12.1 Å². The molecule has 14 nitrogen and oxygen atoms in total. The molecule has 0 radical (unpaired) electrons. The highest BCUT2D eigenvalue weighted by Gasteiger charge is 2.22. The Morgan fingerprint density at radius 2 is 1.13 bits per heavy atom. The van der Waals surface area contributed by atoms with E-state index in [1.807, 2.05) is 29.2 Å². The van der Waals surface area contributed by atoms with E-state index in [9.17, 15) is 9.59 Å². The van der Waals surface area contributed by atoms with Gasteiger partial charge in [0.05, 0.1) is 26.4 Å². The summed E-state index contributed by atoms with van der Waals surface area (Å²) in [5, 5.41) is 8.65. The normalized spacial score (nSPS) is 17.8. The Morgan fingerprint density at radius 1 is 0.622 bits per heavy atom. The van der Waals surface area contributed by atoms with Crippen molar-refractivity contribution in [1.29, 1.82) is 0 Å². The number of amides is 4. The Morgan fingerprint density at radius 3 is 1.69 bits per heavy atom. The first-order valence-corrected chi connectivity index (χ1v) is 15.4. The zero-order valence-corrected chi connectivity index (χ0v) is 25.6. The smallest absolute Gasteiger partial charge is 0.323 e. The molecule has 3 saturated heterocycles. The van der Waals surface area contributed by atoms with Gasteiger partial charge in [-0.1, -0.05) is 0 Å². The zero-order valence-electron chi connectivity index (χ0n) is 25.6. The van der Waals surface area contributed by atoms with Crippen molar-refractivity contribution in [2.75, 3.05) is 112 Å². The maximum atomic E-state index is 12.7. The topological polar surface area (TPSA) is 140 Å². The molecule has 3 N–H and O–H groups in total. The molecule has 3 fully saturated rings. The number of ether oxygens (including phenoxy) is 2. The zero-order chi connectivity index (χ0) is 31.0. The number of hydrogen-bond acceptors (Lipinski definition) is 10. The number of anilines is 5. The van der Waals surface area contributed by atoms with Crippen LogP contribution in [0.15, 0.2) is 48.5 Å². The summed E-state index contributed by atoms with van der Waals surface area (Å²) in [6, 6.07) is 14.0. The van der Waals surface area contributed by atoms with E-state index in [1.165, 1.54) is 0 Å². The van der Waals surface area contributed by atoms with E-state index >= 15 is 0 Å². The standard InChI is InChI=1S/C31H40N10O4/c1-38-11-2-12-41(14-13-38)31(43)34-26-9-7-25(8-10-26)33-30(42)32-24-5-3-23(4-6-24)27-35-28(39-15-19-44-20-16-39)37-29(36-27)40-17-21-45-22-18-40/h3-10H,2,11-22H2,1H3,(H,34,43)(H2,32,33,42). The van der Waals surface area contributed by atoms with Gasteiger partial charge < -0.3 is 45.0 Å². The van der Waals surface area contributed by atoms with Gasteiger partial charge in [0.2, 0.25) is 11.9 Å². The number of carbonyl (C=O) groups excluding carboxylic acids is 2. The van der Waals surface area contributed by atoms with Crippen LogP contribution in [0.1, 0.15) is 6.42 Å². The van der Waals surface area contributed by atoms with E-state index in [4.69, 9.17) is 24.4 Å². The summed E-state index contributed by atoms with van der Waals surface area (Å²) in [5.74, 6) is 1.83. The van der Waals surface area contributed by atoms with Crippen LogP contribution in [-0.4, -0.2) is 123 Å². The fraction of sp³-hybridized carbons (Fsp3) is 0.452. The van der Waals surface area contributed by atoms with E-state index in [2.05, 4.69) is 37.7 Å². The molecule has 1 aromatic heterocycles. The van der Waals surface area contributed by atoms with Crippen LogP contribution < -0.4 is 25.8 Å². The van der Waals surface area contributed by atoms with Crippen LogP contribution in [0.5, 0.6) is 0 Å². The van der Waals surface area contributed by atoms with Crippen molar-refractivity contribution in [2.24, 2.45) is 0 Å². The third kappa shape index (κ3) is 8.15. The second-order valence-electron chi connectivity index (χ2n) is 11.3. The quantitative estimate of drug-likeness (QED) is 0.379. The second kappa shape index (κ2) is 14.5. The van der Waals surface area contributed by atoms with Crippen LogP contribution in [0.2, 0.25) is 0 Å². The molecule has 3 aliphatic heterocycles. The van der Waals surface area contributed by atoms with Crippen molar-refractivity contribution in [1.82, 2.24) is 24.8 Å². The first kappa shape index (κ1) is 30.5. The second-order valence-corrected chi connectivity index (χ2v) is 11.3. The van der Waals surface area contributed by atoms with Crippen molar-refractivity contribution in [3.8, 4) is 11.4 Å². The molecule has 6 rings (SSSR count). The molecule has 3 aliphatic rings. The van der Waals surface area contributed by atoms with Crippen molar-refractivity contribution in [3.05, 3.63) is 48.5 Å². The van der Waals surface area contributed by atoms with Gasteiger partial charge in [0.1, 0.15) is 0 Å². The Hall–Kier alpha value is -4.53. The summed E-state index contributed by atoms with van der Waals surface area (Å²) in [4.78, 5) is 48.1.